The van der Waals surface area contributed by atoms with Crippen molar-refractivity contribution in [2.24, 2.45) is 0 Å². The van der Waals surface area contributed by atoms with Crippen molar-refractivity contribution in [1.82, 2.24) is 0 Å². The van der Waals surface area contributed by atoms with Crippen LogP contribution in [0.5, 0.6) is 5.75 Å². The maximum Gasteiger partial charge on any atom is 0.271 e. The Bertz CT molecular complexity index is 1100. The number of aryl methyl sites for hydroxylation is 3. The van der Waals surface area contributed by atoms with Gasteiger partial charge in [0.05, 0.1) is 0 Å². The Morgan fingerprint density at radius 3 is 2.31 bits per heavy atom. The molecule has 1 heterocycles. The monoisotopic (exact) mass is 425 g/mol. The molecule has 1 aliphatic heterocycles. The summed E-state index contributed by atoms with van der Waals surface area (Å²) < 4.78 is 6.17. The third-order valence-corrected chi connectivity index (χ3v) is 6.01. The van der Waals surface area contributed by atoms with E-state index < -0.39 is 6.10 Å². The lowest BCUT2D eigenvalue weighted by Crippen LogP contribution is -2.61. The van der Waals surface area contributed by atoms with E-state index in [4.69, 9.17) is 27.9 Å². The van der Waals surface area contributed by atoms with E-state index in [1.54, 1.807) is 17.0 Å². The summed E-state index contributed by atoms with van der Waals surface area (Å²) in [7, 11) is 0. The topological polar surface area (TPSA) is 29.5 Å². The van der Waals surface area contributed by atoms with Crippen LogP contribution in [0.2, 0.25) is 10.0 Å². The van der Waals surface area contributed by atoms with Crippen LogP contribution in [0, 0.1) is 20.8 Å². The molecule has 3 aromatic rings. The summed E-state index contributed by atoms with van der Waals surface area (Å²) in [6.07, 6.45) is -0.656. The Morgan fingerprint density at radius 1 is 0.862 bits per heavy atom. The van der Waals surface area contributed by atoms with Gasteiger partial charge in [-0.15, -0.1) is 0 Å². The lowest BCUT2D eigenvalue weighted by molar-refractivity contribution is -0.135. The van der Waals surface area contributed by atoms with Gasteiger partial charge in [0.2, 0.25) is 6.10 Å². The van der Waals surface area contributed by atoms with Gasteiger partial charge in [-0.2, -0.15) is 0 Å². The first-order valence-corrected chi connectivity index (χ1v) is 10.2. The van der Waals surface area contributed by atoms with Crippen LogP contribution < -0.4 is 9.64 Å². The average Bonchev–Trinajstić information content (AvgIpc) is 2.68. The molecule has 1 aliphatic rings. The fraction of sp³-hybridized carbons (Fsp3) is 0.208. The summed E-state index contributed by atoms with van der Waals surface area (Å²) in [6, 6.07) is 18.7. The quantitative estimate of drug-likeness (QED) is 0.449. The summed E-state index contributed by atoms with van der Waals surface area (Å²) in [4.78, 5) is 14.9. The number of carbonyl (C=O) groups excluding carboxylic acids is 1. The highest BCUT2D eigenvalue weighted by Gasteiger charge is 2.51. The average molecular weight is 426 g/mol. The first kappa shape index (κ1) is 19.8. The summed E-state index contributed by atoms with van der Waals surface area (Å²) >= 11 is 12.6. The van der Waals surface area contributed by atoms with E-state index in [1.807, 2.05) is 62.4 Å². The van der Waals surface area contributed by atoms with Gasteiger partial charge in [0.1, 0.15) is 11.8 Å². The molecular formula is C24H21Cl2NO2. The number of ether oxygens (including phenoxy) is 1. The Labute approximate surface area is 180 Å². The van der Waals surface area contributed by atoms with Crippen LogP contribution in [-0.2, 0) is 4.79 Å². The lowest BCUT2D eigenvalue weighted by atomic mass is 9.89. The van der Waals surface area contributed by atoms with Crippen molar-refractivity contribution in [3.8, 4) is 5.75 Å². The molecule has 3 nitrogen and oxygen atoms in total. The molecule has 5 heteroatoms. The van der Waals surface area contributed by atoms with Gasteiger partial charge in [-0.25, -0.2) is 0 Å². The van der Waals surface area contributed by atoms with Gasteiger partial charge >= 0.3 is 0 Å². The zero-order valence-corrected chi connectivity index (χ0v) is 18.0. The second kappa shape index (κ2) is 7.74. The molecule has 0 radical (unpaired) electrons. The van der Waals surface area contributed by atoms with Crippen molar-refractivity contribution in [2.75, 3.05) is 4.90 Å². The number of halogens is 2. The predicted molar refractivity (Wildman–Crippen MR) is 118 cm³/mol. The molecule has 148 valence electrons. The van der Waals surface area contributed by atoms with E-state index >= 15 is 0 Å². The van der Waals surface area contributed by atoms with Crippen molar-refractivity contribution in [2.45, 2.75) is 32.9 Å². The summed E-state index contributed by atoms with van der Waals surface area (Å²) in [5, 5.41) is 1.24. The number of rotatable bonds is 4. The number of anilines is 1. The van der Waals surface area contributed by atoms with E-state index in [0.29, 0.717) is 15.8 Å². The molecule has 1 saturated heterocycles. The molecule has 0 bridgehead atoms. The third kappa shape index (κ3) is 3.61. The van der Waals surface area contributed by atoms with Crippen molar-refractivity contribution in [3.05, 3.63) is 93.0 Å². The third-order valence-electron chi connectivity index (χ3n) is 5.43. The van der Waals surface area contributed by atoms with E-state index in [1.165, 1.54) is 5.56 Å². The smallest absolute Gasteiger partial charge is 0.271 e. The second-order valence-electron chi connectivity index (χ2n) is 7.39. The lowest BCUT2D eigenvalue weighted by Gasteiger charge is -2.47. The molecule has 0 saturated carbocycles. The van der Waals surface area contributed by atoms with Crippen LogP contribution in [0.15, 0.2) is 60.7 Å². The minimum atomic E-state index is -0.656. The zero-order valence-electron chi connectivity index (χ0n) is 16.4. The number of nitrogens with zero attached hydrogens (tertiary/aromatic N) is 1. The fourth-order valence-corrected chi connectivity index (χ4v) is 4.11. The maximum absolute atomic E-state index is 13.2. The van der Waals surface area contributed by atoms with Gasteiger partial charge in [-0.1, -0.05) is 47.5 Å². The van der Waals surface area contributed by atoms with Gasteiger partial charge in [-0.05, 0) is 79.4 Å². The van der Waals surface area contributed by atoms with E-state index in [9.17, 15) is 4.79 Å². The van der Waals surface area contributed by atoms with Gasteiger partial charge in [0.15, 0.2) is 0 Å². The van der Waals surface area contributed by atoms with E-state index in [0.717, 1.165) is 22.4 Å². The molecule has 2 atom stereocenters. The molecule has 0 N–H and O–H groups in total. The molecular weight excluding hydrogens is 405 g/mol. The number of carbonyl (C=O) groups is 1. The number of amides is 1. The molecule has 0 spiro atoms. The number of benzene rings is 3. The van der Waals surface area contributed by atoms with Crippen LogP contribution in [0.4, 0.5) is 5.69 Å². The Morgan fingerprint density at radius 2 is 1.62 bits per heavy atom. The minimum absolute atomic E-state index is 0.0903. The highest BCUT2D eigenvalue weighted by Crippen LogP contribution is 2.44. The second-order valence-corrected chi connectivity index (χ2v) is 8.24. The first-order valence-electron chi connectivity index (χ1n) is 9.44. The van der Waals surface area contributed by atoms with Crippen LogP contribution in [-0.4, -0.2) is 12.0 Å². The predicted octanol–water partition coefficient (Wildman–Crippen LogP) is 6.45. The van der Waals surface area contributed by atoms with Gasteiger partial charge in [0.25, 0.3) is 5.91 Å². The number of β-lactam (4-membered cyclic amide) rings is 1. The molecule has 4 rings (SSSR count). The number of hydrogen-bond acceptors (Lipinski definition) is 2. The van der Waals surface area contributed by atoms with Crippen LogP contribution in [0.25, 0.3) is 0 Å². The molecule has 1 amide bonds. The molecule has 0 aromatic heterocycles. The zero-order chi connectivity index (χ0) is 20.7. The van der Waals surface area contributed by atoms with E-state index in [2.05, 4.69) is 6.92 Å². The normalized spacial score (nSPS) is 18.5. The highest BCUT2D eigenvalue weighted by molar-refractivity contribution is 6.31. The molecule has 0 unspecified atom stereocenters. The maximum atomic E-state index is 13.2. The van der Waals surface area contributed by atoms with Crippen molar-refractivity contribution in [3.63, 3.8) is 0 Å². The van der Waals surface area contributed by atoms with E-state index in [-0.39, 0.29) is 11.9 Å². The SMILES string of the molecule is Cc1ccc(N2C(=O)[C@@H](Oc3ccc(Cl)cc3C)[C@@H]2c2ccccc2Cl)cc1C. The molecule has 3 aromatic carbocycles. The number of hydrogen-bond donors (Lipinski definition) is 0. The van der Waals surface area contributed by atoms with Crippen molar-refractivity contribution in [1.29, 1.82) is 0 Å². The largest absolute Gasteiger partial charge is 0.478 e. The van der Waals surface area contributed by atoms with Gasteiger partial charge < -0.3 is 4.74 Å². The highest BCUT2D eigenvalue weighted by atomic mass is 35.5. The summed E-state index contributed by atoms with van der Waals surface area (Å²) in [6.45, 7) is 6.01. The summed E-state index contributed by atoms with van der Waals surface area (Å²) in [5.41, 5.74) is 4.90. The first-order chi connectivity index (χ1) is 13.9. The van der Waals surface area contributed by atoms with Crippen molar-refractivity contribution < 1.29 is 9.53 Å². The standard InChI is InChI=1S/C24H21Cl2NO2/c1-14-8-10-18(13-15(14)2)27-22(19-6-4-5-7-20(19)26)23(24(27)28)29-21-11-9-17(25)12-16(21)3/h4-13,22-23H,1-3H3/t22-,23-/m0/s1. The van der Waals surface area contributed by atoms with Crippen LogP contribution in [0.1, 0.15) is 28.3 Å². The fourth-order valence-electron chi connectivity index (χ4n) is 3.64. The van der Waals surface area contributed by atoms with Crippen molar-refractivity contribution >= 4 is 34.8 Å². The molecule has 0 aliphatic carbocycles. The summed E-state index contributed by atoms with van der Waals surface area (Å²) in [5.74, 6) is 0.553. The van der Waals surface area contributed by atoms with Gasteiger partial charge in [0, 0.05) is 15.7 Å². The van der Waals surface area contributed by atoms with Crippen LogP contribution in [0.3, 0.4) is 0 Å². The molecule has 1 fully saturated rings. The Hall–Kier alpha value is -2.49. The Balaban J connectivity index is 1.74. The molecule has 29 heavy (non-hydrogen) atoms. The van der Waals surface area contributed by atoms with Crippen LogP contribution >= 0.6 is 23.2 Å². The van der Waals surface area contributed by atoms with Gasteiger partial charge in [-0.3, -0.25) is 9.69 Å². The minimum Gasteiger partial charge on any atom is -0.478 e. The Kier molecular flexibility index (Phi) is 5.28.